The van der Waals surface area contributed by atoms with Gasteiger partial charge in [0.2, 0.25) is 0 Å². The number of hydrogen-bond acceptors (Lipinski definition) is 2. The van der Waals surface area contributed by atoms with Crippen molar-refractivity contribution in [1.29, 1.82) is 0 Å². The van der Waals surface area contributed by atoms with E-state index in [1.165, 1.54) is 19.3 Å². The van der Waals surface area contributed by atoms with Gasteiger partial charge in [0.25, 0.3) is 0 Å². The molecule has 1 aliphatic carbocycles. The predicted octanol–water partition coefficient (Wildman–Crippen LogP) is 2.23. The van der Waals surface area contributed by atoms with E-state index in [9.17, 15) is 0 Å². The molecule has 3 atom stereocenters. The van der Waals surface area contributed by atoms with Crippen LogP contribution >= 0.6 is 0 Å². The average Bonchev–Trinajstić information content (AvgIpc) is 2.81. The van der Waals surface area contributed by atoms with Crippen LogP contribution in [0.5, 0.6) is 0 Å². The number of epoxide rings is 1. The molecule has 0 aromatic heterocycles. The summed E-state index contributed by atoms with van der Waals surface area (Å²) in [6.45, 7) is 6.40. The van der Waals surface area contributed by atoms with Gasteiger partial charge in [0.1, 0.15) is 6.10 Å². The highest BCUT2D eigenvalue weighted by atomic mass is 16.6. The van der Waals surface area contributed by atoms with Crippen molar-refractivity contribution in [3.05, 3.63) is 0 Å². The molecule has 2 aliphatic rings. The minimum Gasteiger partial charge on any atom is -0.375 e. The van der Waals surface area contributed by atoms with E-state index in [0.717, 1.165) is 25.0 Å². The monoisotopic (exact) mass is 184 g/mol. The number of hydrogen-bond donors (Lipinski definition) is 0. The number of ether oxygens (including phenoxy) is 2. The third-order valence-corrected chi connectivity index (χ3v) is 3.06. The quantitative estimate of drug-likeness (QED) is 0.627. The average molecular weight is 184 g/mol. The van der Waals surface area contributed by atoms with Gasteiger partial charge in [-0.05, 0) is 31.1 Å². The molecule has 0 spiro atoms. The van der Waals surface area contributed by atoms with E-state index in [4.69, 9.17) is 9.47 Å². The second-order valence-corrected chi connectivity index (χ2v) is 4.83. The fourth-order valence-electron chi connectivity index (χ4n) is 2.42. The fourth-order valence-corrected chi connectivity index (χ4v) is 2.42. The molecule has 1 saturated carbocycles. The van der Waals surface area contributed by atoms with Crippen LogP contribution in [0.3, 0.4) is 0 Å². The molecule has 0 radical (unpaired) electrons. The van der Waals surface area contributed by atoms with Crippen molar-refractivity contribution in [2.75, 3.05) is 13.2 Å². The van der Waals surface area contributed by atoms with Crippen LogP contribution in [-0.2, 0) is 9.47 Å². The van der Waals surface area contributed by atoms with Crippen molar-refractivity contribution in [3.8, 4) is 0 Å². The lowest BCUT2D eigenvalue weighted by atomic mass is 9.82. The normalized spacial score (nSPS) is 44.8. The first-order chi connectivity index (χ1) is 6.24. The first-order valence-electron chi connectivity index (χ1n) is 5.47. The molecule has 0 aromatic carbocycles. The largest absolute Gasteiger partial charge is 0.375 e. The first kappa shape index (κ1) is 9.47. The second-order valence-electron chi connectivity index (χ2n) is 4.83. The van der Waals surface area contributed by atoms with Crippen LogP contribution in [0.4, 0.5) is 0 Å². The van der Waals surface area contributed by atoms with Crippen LogP contribution in [0.2, 0.25) is 0 Å². The van der Waals surface area contributed by atoms with Crippen LogP contribution < -0.4 is 0 Å². The summed E-state index contributed by atoms with van der Waals surface area (Å²) in [6, 6.07) is 0. The van der Waals surface area contributed by atoms with Gasteiger partial charge in [-0.3, -0.25) is 0 Å². The van der Waals surface area contributed by atoms with Gasteiger partial charge in [-0.15, -0.1) is 0 Å². The van der Waals surface area contributed by atoms with E-state index in [-0.39, 0.29) is 0 Å². The van der Waals surface area contributed by atoms with Crippen molar-refractivity contribution in [1.82, 2.24) is 0 Å². The summed E-state index contributed by atoms with van der Waals surface area (Å²) in [5.74, 6) is 1.68. The molecular formula is C11H20O2. The van der Waals surface area contributed by atoms with Gasteiger partial charge >= 0.3 is 0 Å². The van der Waals surface area contributed by atoms with Crippen molar-refractivity contribution in [3.63, 3.8) is 0 Å². The molecule has 1 saturated heterocycles. The summed E-state index contributed by atoms with van der Waals surface area (Å²) >= 11 is 0. The van der Waals surface area contributed by atoms with Crippen LogP contribution in [0.15, 0.2) is 0 Å². The van der Waals surface area contributed by atoms with E-state index in [1.807, 2.05) is 0 Å². The molecule has 76 valence electrons. The second kappa shape index (κ2) is 3.97. The van der Waals surface area contributed by atoms with Gasteiger partial charge in [0.15, 0.2) is 0 Å². The van der Waals surface area contributed by atoms with Gasteiger partial charge in [-0.25, -0.2) is 0 Å². The minimum absolute atomic E-state index is 0.424. The Morgan fingerprint density at radius 2 is 1.77 bits per heavy atom. The van der Waals surface area contributed by atoms with Gasteiger partial charge in [0.05, 0.1) is 19.3 Å². The Kier molecular flexibility index (Phi) is 2.89. The molecule has 1 heterocycles. The van der Waals surface area contributed by atoms with Crippen molar-refractivity contribution in [2.45, 2.75) is 45.3 Å². The smallest absolute Gasteiger partial charge is 0.104 e. The Bertz CT molecular complexity index is 155. The van der Waals surface area contributed by atoms with Crippen LogP contribution in [0.25, 0.3) is 0 Å². The van der Waals surface area contributed by atoms with Crippen molar-refractivity contribution >= 4 is 0 Å². The van der Waals surface area contributed by atoms with E-state index in [2.05, 4.69) is 13.8 Å². The summed E-state index contributed by atoms with van der Waals surface area (Å²) < 4.78 is 11.0. The fraction of sp³-hybridized carbons (Fsp3) is 1.00. The third kappa shape index (κ3) is 2.96. The van der Waals surface area contributed by atoms with E-state index < -0.39 is 0 Å². The molecule has 3 unspecified atom stereocenters. The molecule has 2 rings (SSSR count). The molecule has 1 aliphatic heterocycles. The molecule has 0 bridgehead atoms. The van der Waals surface area contributed by atoms with Crippen molar-refractivity contribution in [2.24, 2.45) is 11.8 Å². The highest BCUT2D eigenvalue weighted by molar-refractivity contribution is 4.76. The summed E-state index contributed by atoms with van der Waals surface area (Å²) in [5, 5.41) is 0. The Labute approximate surface area is 80.6 Å². The molecule has 0 amide bonds. The maximum Gasteiger partial charge on any atom is 0.104 e. The van der Waals surface area contributed by atoms with E-state index in [1.54, 1.807) is 0 Å². The standard InChI is InChI=1S/C11H20O2/c1-8-3-9(2)5-10(4-8)12-6-11-7-13-11/h8-11H,3-7H2,1-2H3. The predicted molar refractivity (Wildman–Crippen MR) is 51.7 cm³/mol. The van der Waals surface area contributed by atoms with Gasteiger partial charge in [-0.2, -0.15) is 0 Å². The highest BCUT2D eigenvalue weighted by Crippen LogP contribution is 2.30. The van der Waals surface area contributed by atoms with Crippen molar-refractivity contribution < 1.29 is 9.47 Å². The molecule has 2 fully saturated rings. The topological polar surface area (TPSA) is 21.8 Å². The molecule has 0 aromatic rings. The Hall–Kier alpha value is -0.0800. The Morgan fingerprint density at radius 1 is 1.15 bits per heavy atom. The van der Waals surface area contributed by atoms with Gasteiger partial charge < -0.3 is 9.47 Å². The molecule has 2 heteroatoms. The molecule has 2 nitrogen and oxygen atoms in total. The SMILES string of the molecule is CC1CC(C)CC(OCC2CO2)C1. The van der Waals surface area contributed by atoms with E-state index >= 15 is 0 Å². The molecular weight excluding hydrogens is 164 g/mol. The van der Waals surface area contributed by atoms with Gasteiger partial charge in [0, 0.05) is 0 Å². The third-order valence-electron chi connectivity index (χ3n) is 3.06. The van der Waals surface area contributed by atoms with Crippen LogP contribution in [-0.4, -0.2) is 25.4 Å². The number of rotatable bonds is 3. The summed E-state index contributed by atoms with van der Waals surface area (Å²) in [7, 11) is 0. The summed E-state index contributed by atoms with van der Waals surface area (Å²) in [4.78, 5) is 0. The highest BCUT2D eigenvalue weighted by Gasteiger charge is 2.28. The molecule has 0 N–H and O–H groups in total. The lowest BCUT2D eigenvalue weighted by Crippen LogP contribution is -2.27. The Balaban J connectivity index is 1.70. The lowest BCUT2D eigenvalue weighted by Gasteiger charge is -2.31. The summed E-state index contributed by atoms with van der Waals surface area (Å²) in [6.07, 6.45) is 4.80. The zero-order valence-corrected chi connectivity index (χ0v) is 8.66. The first-order valence-corrected chi connectivity index (χ1v) is 5.47. The zero-order valence-electron chi connectivity index (χ0n) is 8.66. The van der Waals surface area contributed by atoms with Crippen LogP contribution in [0, 0.1) is 11.8 Å². The zero-order chi connectivity index (χ0) is 9.26. The molecule has 13 heavy (non-hydrogen) atoms. The Morgan fingerprint density at radius 3 is 2.31 bits per heavy atom. The minimum atomic E-state index is 0.424. The summed E-state index contributed by atoms with van der Waals surface area (Å²) in [5.41, 5.74) is 0. The van der Waals surface area contributed by atoms with Gasteiger partial charge in [-0.1, -0.05) is 13.8 Å². The van der Waals surface area contributed by atoms with E-state index in [0.29, 0.717) is 12.2 Å². The maximum atomic E-state index is 5.82. The lowest BCUT2D eigenvalue weighted by molar-refractivity contribution is -0.00550. The van der Waals surface area contributed by atoms with Crippen LogP contribution in [0.1, 0.15) is 33.1 Å². The maximum absolute atomic E-state index is 5.82.